The monoisotopic (exact) mass is 314 g/mol. The Kier molecular flexibility index (Phi) is 9.73. The molecule has 15 heavy (non-hydrogen) atoms. The fraction of sp³-hybridized carbons (Fsp3) is 0. The number of carboxylic acid groups (broad SMARTS) is 2. The summed E-state index contributed by atoms with van der Waals surface area (Å²) in [6.07, 6.45) is 0. The average Bonchev–Trinajstić information content (AvgIpc) is 1.83. The zero-order valence-corrected chi connectivity index (χ0v) is 11.6. The van der Waals surface area contributed by atoms with Gasteiger partial charge in [0.05, 0.1) is 0 Å². The Labute approximate surface area is 95.0 Å². The summed E-state index contributed by atoms with van der Waals surface area (Å²) in [4.78, 5) is 48.5. The summed E-state index contributed by atoms with van der Waals surface area (Å²) >= 11 is 0. The molecule has 0 aliphatic heterocycles. The molecule has 0 aromatic carbocycles. The Morgan fingerprint density at radius 1 is 0.800 bits per heavy atom. The van der Waals surface area contributed by atoms with Crippen LogP contribution in [0.4, 0.5) is 9.59 Å². The fourth-order valence-corrected chi connectivity index (χ4v) is 0. The van der Waals surface area contributed by atoms with Crippen LogP contribution in [0.25, 0.3) is 0 Å². The van der Waals surface area contributed by atoms with Crippen molar-refractivity contribution < 1.29 is 68.0 Å². The van der Waals surface area contributed by atoms with Crippen molar-refractivity contribution in [3.8, 4) is 0 Å². The molecule has 13 heteroatoms. The van der Waals surface area contributed by atoms with Crippen molar-refractivity contribution in [2.24, 2.45) is 0 Å². The first-order chi connectivity index (χ1) is 5.89. The molecule has 0 atom stereocenters. The maximum absolute atomic E-state index is 9.36. The number of hydrogen-bond acceptors (Lipinski definition) is 6. The van der Waals surface area contributed by atoms with E-state index in [4.69, 9.17) is 39.4 Å². The number of hydrogen-bond donors (Lipinski definition) is 4. The van der Waals surface area contributed by atoms with E-state index in [-0.39, 0.29) is 19.5 Å². The normalized spacial score (nSPS) is 10.4. The van der Waals surface area contributed by atoms with Crippen LogP contribution in [-0.2, 0) is 28.6 Å². The van der Waals surface area contributed by atoms with E-state index < -0.39 is 26.6 Å². The van der Waals surface area contributed by atoms with Gasteiger partial charge in [-0.15, -0.1) is 0 Å². The van der Waals surface area contributed by atoms with E-state index in [0.29, 0.717) is 0 Å². The molecule has 0 spiro atoms. The van der Waals surface area contributed by atoms with Gasteiger partial charge in [-0.05, 0) is 0 Å². The predicted molar refractivity (Wildman–Crippen MR) is 34.9 cm³/mol. The summed E-state index contributed by atoms with van der Waals surface area (Å²) in [6, 6.07) is 0. The van der Waals surface area contributed by atoms with E-state index in [1.54, 1.807) is 0 Å². The van der Waals surface area contributed by atoms with Crippen LogP contribution in [0.2, 0.25) is 0 Å². The summed E-state index contributed by atoms with van der Waals surface area (Å²) < 4.78 is 18.7. The molecule has 0 aromatic rings. The first-order valence-electron chi connectivity index (χ1n) is 2.43. The van der Waals surface area contributed by atoms with Crippen LogP contribution in [0.15, 0.2) is 0 Å². The van der Waals surface area contributed by atoms with Crippen LogP contribution in [0.1, 0.15) is 0 Å². The van der Waals surface area contributed by atoms with Gasteiger partial charge in [0.15, 0.2) is 11.4 Å². The largest absolute Gasteiger partial charge is 2.00 e. The van der Waals surface area contributed by atoms with Crippen LogP contribution in [0.5, 0.6) is 0 Å². The third-order valence-corrected chi connectivity index (χ3v) is 1.43. The molecule has 84 valence electrons. The van der Waals surface area contributed by atoms with Crippen LogP contribution >= 0.6 is 15.2 Å². The van der Waals surface area contributed by atoms with Crippen molar-refractivity contribution in [1.82, 2.24) is 0 Å². The molecule has 0 aromatic heterocycles. The Balaban J connectivity index is -0.000000180. The van der Waals surface area contributed by atoms with Crippen molar-refractivity contribution >= 4 is 26.6 Å². The van der Waals surface area contributed by atoms with Gasteiger partial charge in [0.1, 0.15) is 0 Å². The van der Waals surface area contributed by atoms with E-state index >= 15 is 0 Å². The number of carbonyl (C=O) groups excluding carboxylic acids is 2. The Morgan fingerprint density at radius 3 is 0.867 bits per heavy atom. The summed E-state index contributed by atoms with van der Waals surface area (Å²) in [5.74, 6) is 0. The molecular weight excluding hydrogens is 311 g/mol. The first kappa shape index (κ1) is 20.3. The maximum Gasteiger partial charge on any atom is 2.00 e. The van der Waals surface area contributed by atoms with Gasteiger partial charge in [0.25, 0.3) is 0 Å². The topological polar surface area (TPSA) is 195 Å². The quantitative estimate of drug-likeness (QED) is 0.301. The average molecular weight is 315 g/mol. The molecular formula is C2H4O10P2Zn. The van der Waals surface area contributed by atoms with Gasteiger partial charge < -0.3 is 39.4 Å². The van der Waals surface area contributed by atoms with Crippen LogP contribution < -0.4 is 10.2 Å². The van der Waals surface area contributed by atoms with Gasteiger partial charge >= 0.3 is 34.7 Å². The fourth-order valence-electron chi connectivity index (χ4n) is 0. The number of carbonyl (C=O) groups is 2. The van der Waals surface area contributed by atoms with E-state index in [1.165, 1.54) is 0 Å². The van der Waals surface area contributed by atoms with Crippen molar-refractivity contribution in [3.63, 3.8) is 0 Å². The molecule has 0 aliphatic carbocycles. The smallest absolute Gasteiger partial charge is 0.538 e. The van der Waals surface area contributed by atoms with E-state index in [0.717, 1.165) is 0 Å². The second-order valence-electron chi connectivity index (χ2n) is 1.62. The first-order valence-corrected chi connectivity index (χ1v) is 5.65. The molecule has 0 rings (SSSR count). The van der Waals surface area contributed by atoms with E-state index in [1.807, 2.05) is 0 Å². The minimum Gasteiger partial charge on any atom is -0.538 e. The van der Waals surface area contributed by atoms with Crippen molar-refractivity contribution in [1.29, 1.82) is 0 Å². The minimum atomic E-state index is -4.93. The predicted octanol–water partition coefficient (Wildman–Crippen LogP) is -2.99. The zero-order valence-electron chi connectivity index (χ0n) is 6.84. The molecule has 0 bridgehead atoms. The maximum atomic E-state index is 9.36. The molecule has 10 nitrogen and oxygen atoms in total. The van der Waals surface area contributed by atoms with Crippen molar-refractivity contribution in [2.45, 2.75) is 0 Å². The molecule has 0 heterocycles. The summed E-state index contributed by atoms with van der Waals surface area (Å²) in [7, 11) is -9.86. The Bertz CT molecular complexity index is 277. The molecule has 0 saturated carbocycles. The Hall–Kier alpha value is -0.137. The standard InChI is InChI=1S/2CH3O5P.Zn/c2*2-1(3)7(4,5)6;/h2*(H,2,3)(H2,4,5,6);/q;;+2/p-2. The zero-order chi connectivity index (χ0) is 12.2. The summed E-state index contributed by atoms with van der Waals surface area (Å²) in [6.45, 7) is 0. The van der Waals surface area contributed by atoms with Crippen LogP contribution in [0.3, 0.4) is 0 Å². The van der Waals surface area contributed by atoms with Gasteiger partial charge in [-0.25, -0.2) is 0 Å². The molecule has 0 fully saturated rings. The molecule has 0 unspecified atom stereocenters. The molecule has 0 amide bonds. The summed E-state index contributed by atoms with van der Waals surface area (Å²) in [5.41, 5.74) is -4.68. The second kappa shape index (κ2) is 7.19. The third-order valence-electron chi connectivity index (χ3n) is 0.476. The molecule has 0 saturated heterocycles. The van der Waals surface area contributed by atoms with Crippen LogP contribution in [0, 0.1) is 0 Å². The summed E-state index contributed by atoms with van der Waals surface area (Å²) in [5, 5.41) is 18.3. The van der Waals surface area contributed by atoms with Gasteiger partial charge in [-0.2, -0.15) is 0 Å². The second-order valence-corrected chi connectivity index (χ2v) is 4.53. The van der Waals surface area contributed by atoms with Crippen LogP contribution in [-0.4, -0.2) is 31.0 Å². The van der Waals surface area contributed by atoms with Gasteiger partial charge in [-0.3, -0.25) is 9.13 Å². The van der Waals surface area contributed by atoms with Gasteiger partial charge in [0.2, 0.25) is 0 Å². The van der Waals surface area contributed by atoms with E-state index in [2.05, 4.69) is 0 Å². The number of rotatable bonds is 2. The van der Waals surface area contributed by atoms with Crippen molar-refractivity contribution in [3.05, 3.63) is 0 Å². The van der Waals surface area contributed by atoms with Gasteiger partial charge in [0, 0.05) is 0 Å². The minimum absolute atomic E-state index is 0. The van der Waals surface area contributed by atoms with Crippen molar-refractivity contribution in [2.75, 3.05) is 0 Å². The van der Waals surface area contributed by atoms with Gasteiger partial charge in [-0.1, -0.05) is 0 Å². The SMILES string of the molecule is O=C([O-])P(=O)(O)O.O=C([O-])P(=O)(O)O.[Zn+2]. The third kappa shape index (κ3) is 13.9. The Morgan fingerprint density at radius 2 is 0.867 bits per heavy atom. The molecule has 4 N–H and O–H groups in total. The van der Waals surface area contributed by atoms with E-state index in [9.17, 15) is 9.13 Å². The molecule has 0 aliphatic rings. The molecule has 0 radical (unpaired) electrons.